The molecule has 0 fully saturated rings. The van der Waals surface area contributed by atoms with Crippen LogP contribution in [0.25, 0.3) is 10.2 Å². The second kappa shape index (κ2) is 8.15. The molecule has 5 nitrogen and oxygen atoms in total. The molecule has 2 heterocycles. The molecular formula is C23H25F2N3O2S. The third-order valence-corrected chi connectivity index (χ3v) is 7.13. The quantitative estimate of drug-likeness (QED) is 0.594. The summed E-state index contributed by atoms with van der Waals surface area (Å²) in [6, 6.07) is 3.19. The van der Waals surface area contributed by atoms with Crippen LogP contribution < -0.4 is 10.9 Å². The highest BCUT2D eigenvalue weighted by molar-refractivity contribution is 7.18. The van der Waals surface area contributed by atoms with Crippen LogP contribution in [0.3, 0.4) is 0 Å². The number of aromatic amines is 1. The van der Waals surface area contributed by atoms with E-state index in [1.165, 1.54) is 10.9 Å². The van der Waals surface area contributed by atoms with Gasteiger partial charge in [0.05, 0.1) is 5.39 Å². The normalized spacial score (nSPS) is 16.4. The van der Waals surface area contributed by atoms with Gasteiger partial charge in [0.1, 0.15) is 10.7 Å². The molecule has 1 aromatic carbocycles. The summed E-state index contributed by atoms with van der Waals surface area (Å²) in [7, 11) is 0. The maximum absolute atomic E-state index is 13.3. The van der Waals surface area contributed by atoms with E-state index in [1.807, 2.05) is 0 Å². The minimum atomic E-state index is -1.02. The molecular weight excluding hydrogens is 420 g/mol. The summed E-state index contributed by atoms with van der Waals surface area (Å²) in [4.78, 5) is 34.3. The number of benzene rings is 1. The lowest BCUT2D eigenvalue weighted by Crippen LogP contribution is -2.26. The van der Waals surface area contributed by atoms with E-state index in [4.69, 9.17) is 0 Å². The van der Waals surface area contributed by atoms with Crippen LogP contribution in [0.2, 0.25) is 0 Å². The molecule has 1 atom stereocenters. The Hall–Kier alpha value is -2.61. The topological polar surface area (TPSA) is 74.8 Å². The van der Waals surface area contributed by atoms with Crippen LogP contribution in [0.4, 0.5) is 14.5 Å². The summed E-state index contributed by atoms with van der Waals surface area (Å²) in [5, 5.41) is 3.21. The van der Waals surface area contributed by atoms with Crippen molar-refractivity contribution in [3.63, 3.8) is 0 Å². The highest BCUT2D eigenvalue weighted by Crippen LogP contribution is 2.41. The fourth-order valence-electron chi connectivity index (χ4n) is 4.12. The number of halogens is 2. The summed E-state index contributed by atoms with van der Waals surface area (Å²) in [6.07, 6.45) is 3.22. The van der Waals surface area contributed by atoms with Crippen LogP contribution in [0.15, 0.2) is 23.0 Å². The molecule has 4 rings (SSSR count). The lowest BCUT2D eigenvalue weighted by atomic mass is 9.72. The molecule has 0 saturated heterocycles. The number of nitrogens with zero attached hydrogens (tertiary/aromatic N) is 1. The molecule has 3 aromatic rings. The molecule has 0 spiro atoms. The number of carbonyl (C=O) groups excluding carboxylic acids is 1. The summed E-state index contributed by atoms with van der Waals surface area (Å²) in [5.41, 5.74) is 1.37. The van der Waals surface area contributed by atoms with Gasteiger partial charge in [-0.05, 0) is 48.3 Å². The van der Waals surface area contributed by atoms with Crippen molar-refractivity contribution in [1.82, 2.24) is 9.97 Å². The second-order valence-electron chi connectivity index (χ2n) is 9.18. The first-order chi connectivity index (χ1) is 14.6. The predicted molar refractivity (Wildman–Crippen MR) is 119 cm³/mol. The van der Waals surface area contributed by atoms with Crippen molar-refractivity contribution >= 4 is 33.1 Å². The Morgan fingerprint density at radius 2 is 2.06 bits per heavy atom. The summed E-state index contributed by atoms with van der Waals surface area (Å²) < 4.78 is 26.3. The Kier molecular flexibility index (Phi) is 5.68. The monoisotopic (exact) mass is 445 g/mol. The van der Waals surface area contributed by atoms with Crippen molar-refractivity contribution in [3.05, 3.63) is 56.5 Å². The van der Waals surface area contributed by atoms with Crippen LogP contribution in [-0.4, -0.2) is 15.9 Å². The Labute approximate surface area is 182 Å². The lowest BCUT2D eigenvalue weighted by molar-refractivity contribution is -0.116. The molecule has 1 aliphatic rings. The molecule has 31 heavy (non-hydrogen) atoms. The number of aromatic nitrogens is 2. The van der Waals surface area contributed by atoms with E-state index in [0.717, 1.165) is 41.8 Å². The van der Waals surface area contributed by atoms with Crippen LogP contribution in [0.1, 0.15) is 49.9 Å². The fraction of sp³-hybridized carbons (Fsp3) is 0.435. The van der Waals surface area contributed by atoms with E-state index in [2.05, 4.69) is 36.1 Å². The maximum atomic E-state index is 13.3. The number of anilines is 1. The molecule has 2 aromatic heterocycles. The van der Waals surface area contributed by atoms with Crippen molar-refractivity contribution in [3.8, 4) is 0 Å². The third kappa shape index (κ3) is 4.54. The maximum Gasteiger partial charge on any atom is 0.259 e. The van der Waals surface area contributed by atoms with Crippen molar-refractivity contribution < 1.29 is 13.6 Å². The number of thiophene rings is 1. The van der Waals surface area contributed by atoms with Gasteiger partial charge in [-0.2, -0.15) is 0 Å². The highest BCUT2D eigenvalue weighted by Gasteiger charge is 2.31. The SMILES string of the molecule is CC(C)(C)[C@H]1CCc2c(sc3nc(CCC(=O)Nc4ccc(F)c(F)c4)[nH]c(=O)c23)C1. The van der Waals surface area contributed by atoms with Gasteiger partial charge in [-0.15, -0.1) is 11.3 Å². The molecule has 0 unspecified atom stereocenters. The first-order valence-electron chi connectivity index (χ1n) is 10.4. The zero-order valence-corrected chi connectivity index (χ0v) is 18.6. The van der Waals surface area contributed by atoms with Gasteiger partial charge in [0, 0.05) is 29.5 Å². The molecule has 0 radical (unpaired) electrons. The number of rotatable bonds is 4. The molecule has 1 amide bonds. The third-order valence-electron chi connectivity index (χ3n) is 5.99. The number of H-pyrrole nitrogens is 1. The predicted octanol–water partition coefficient (Wildman–Crippen LogP) is 4.99. The van der Waals surface area contributed by atoms with Gasteiger partial charge >= 0.3 is 0 Å². The molecule has 0 saturated carbocycles. The standard InChI is InChI=1S/C23H25F2N3O2S/c1-23(2,3)12-4-6-14-17(10-12)31-22-20(14)21(30)27-18(28-22)8-9-19(29)26-13-5-7-15(24)16(25)11-13/h5,7,11-12H,4,6,8-10H2,1-3H3,(H,26,29)(H,27,28,30)/t12-/m0/s1. The minimum Gasteiger partial charge on any atom is -0.326 e. The Morgan fingerprint density at radius 1 is 1.29 bits per heavy atom. The van der Waals surface area contributed by atoms with E-state index < -0.39 is 11.6 Å². The van der Waals surface area contributed by atoms with Gasteiger partial charge in [0.25, 0.3) is 5.56 Å². The molecule has 164 valence electrons. The Morgan fingerprint density at radius 3 is 2.77 bits per heavy atom. The van der Waals surface area contributed by atoms with Gasteiger partial charge < -0.3 is 10.3 Å². The van der Waals surface area contributed by atoms with E-state index in [1.54, 1.807) is 11.3 Å². The number of aryl methyl sites for hydroxylation is 2. The number of fused-ring (bicyclic) bond motifs is 3. The largest absolute Gasteiger partial charge is 0.326 e. The smallest absolute Gasteiger partial charge is 0.259 e. The average Bonchev–Trinajstić information content (AvgIpc) is 3.06. The van der Waals surface area contributed by atoms with Crippen LogP contribution in [0, 0.1) is 23.0 Å². The lowest BCUT2D eigenvalue weighted by Gasteiger charge is -2.33. The van der Waals surface area contributed by atoms with E-state index in [0.29, 0.717) is 17.1 Å². The fourth-order valence-corrected chi connectivity index (χ4v) is 5.43. The summed E-state index contributed by atoms with van der Waals surface area (Å²) in [6.45, 7) is 6.76. The molecule has 1 aliphatic carbocycles. The summed E-state index contributed by atoms with van der Waals surface area (Å²) >= 11 is 1.58. The van der Waals surface area contributed by atoms with Crippen molar-refractivity contribution in [2.24, 2.45) is 11.3 Å². The van der Waals surface area contributed by atoms with Gasteiger partial charge in [-0.1, -0.05) is 20.8 Å². The van der Waals surface area contributed by atoms with Crippen molar-refractivity contribution in [2.45, 2.75) is 52.9 Å². The number of hydrogen-bond acceptors (Lipinski definition) is 4. The molecule has 2 N–H and O–H groups in total. The van der Waals surface area contributed by atoms with Crippen LogP contribution in [-0.2, 0) is 24.1 Å². The van der Waals surface area contributed by atoms with Crippen LogP contribution in [0.5, 0.6) is 0 Å². The average molecular weight is 446 g/mol. The molecule has 0 bridgehead atoms. The van der Waals surface area contributed by atoms with Gasteiger partial charge in [0.2, 0.25) is 5.91 Å². The Balaban J connectivity index is 1.48. The van der Waals surface area contributed by atoms with Crippen molar-refractivity contribution in [1.29, 1.82) is 0 Å². The van der Waals surface area contributed by atoms with E-state index in [9.17, 15) is 18.4 Å². The van der Waals surface area contributed by atoms with Crippen molar-refractivity contribution in [2.75, 3.05) is 5.32 Å². The second-order valence-corrected chi connectivity index (χ2v) is 10.3. The number of nitrogens with one attached hydrogen (secondary N) is 2. The Bertz CT molecular complexity index is 1210. The summed E-state index contributed by atoms with van der Waals surface area (Å²) in [5.74, 6) is -1.34. The minimum absolute atomic E-state index is 0.0601. The van der Waals surface area contributed by atoms with Crippen LogP contribution >= 0.6 is 11.3 Å². The zero-order valence-electron chi connectivity index (χ0n) is 17.8. The number of carbonyl (C=O) groups is 1. The van der Waals surface area contributed by atoms with Gasteiger partial charge in [-0.3, -0.25) is 9.59 Å². The zero-order chi connectivity index (χ0) is 22.3. The van der Waals surface area contributed by atoms with E-state index in [-0.39, 0.29) is 35.4 Å². The molecule has 0 aliphatic heterocycles. The first kappa shape index (κ1) is 21.6. The van der Waals surface area contributed by atoms with Gasteiger partial charge in [-0.25, -0.2) is 13.8 Å². The number of amides is 1. The molecule has 8 heteroatoms. The van der Waals surface area contributed by atoms with Gasteiger partial charge in [0.15, 0.2) is 11.6 Å². The highest BCUT2D eigenvalue weighted by atomic mass is 32.1. The van der Waals surface area contributed by atoms with E-state index >= 15 is 0 Å². The first-order valence-corrected chi connectivity index (χ1v) is 11.2. The number of hydrogen-bond donors (Lipinski definition) is 2.